The second-order valence-electron chi connectivity index (χ2n) is 17.8. The monoisotopic (exact) mass is 847 g/mol. The fourth-order valence-electron chi connectivity index (χ4n) is 10.2. The largest absolute Gasteiger partial charge is 0.472 e. The molecule has 1 saturated carbocycles. The Bertz CT molecular complexity index is 2520. The van der Waals surface area contributed by atoms with Gasteiger partial charge in [0.15, 0.2) is 5.82 Å². The molecular formula is C43H51F2N5O7SSi. The molecule has 3 fully saturated rings. The third-order valence-electron chi connectivity index (χ3n) is 13.3. The van der Waals surface area contributed by atoms with Crippen LogP contribution in [0.4, 0.5) is 19.4 Å². The van der Waals surface area contributed by atoms with E-state index in [4.69, 9.17) is 23.6 Å². The Kier molecular flexibility index (Phi) is 10.4. The van der Waals surface area contributed by atoms with Crippen molar-refractivity contribution in [1.29, 1.82) is 0 Å². The highest BCUT2D eigenvalue weighted by Gasteiger charge is 2.53. The number of ether oxygens (including phenoxy) is 2. The molecule has 4 atom stereocenters. The van der Waals surface area contributed by atoms with Crippen LogP contribution >= 0.6 is 0 Å². The van der Waals surface area contributed by atoms with Crippen LogP contribution in [0.1, 0.15) is 79.7 Å². The summed E-state index contributed by atoms with van der Waals surface area (Å²) >= 11 is 0. The van der Waals surface area contributed by atoms with Gasteiger partial charge >= 0.3 is 12.1 Å². The van der Waals surface area contributed by atoms with Gasteiger partial charge in [0.2, 0.25) is 5.88 Å². The molecule has 1 amide bonds. The molecule has 4 aliphatic rings. The zero-order valence-electron chi connectivity index (χ0n) is 34.7. The van der Waals surface area contributed by atoms with Crippen LogP contribution in [0.3, 0.4) is 0 Å². The molecule has 4 unspecified atom stereocenters. The van der Waals surface area contributed by atoms with Gasteiger partial charge in [-0.05, 0) is 60.7 Å². The van der Waals surface area contributed by atoms with Gasteiger partial charge in [0, 0.05) is 22.9 Å². The molecule has 2 bridgehead atoms. The van der Waals surface area contributed by atoms with Crippen LogP contribution in [0.5, 0.6) is 11.9 Å². The van der Waals surface area contributed by atoms with E-state index < -0.39 is 59.5 Å². The summed E-state index contributed by atoms with van der Waals surface area (Å²) in [5.41, 5.74) is 4.18. The van der Waals surface area contributed by atoms with Gasteiger partial charge < -0.3 is 19.5 Å². The number of benzene rings is 2. The summed E-state index contributed by atoms with van der Waals surface area (Å²) in [5, 5.41) is 11.5. The molecule has 8 rings (SSSR count). The topological polar surface area (TPSA) is 144 Å². The number of nitrogens with zero attached hydrogens (tertiary/aromatic N) is 5. The van der Waals surface area contributed by atoms with Crippen molar-refractivity contribution in [3.63, 3.8) is 0 Å². The molecule has 4 aromatic rings. The Morgan fingerprint density at radius 1 is 1.02 bits per heavy atom. The second kappa shape index (κ2) is 14.8. The molecule has 2 saturated heterocycles. The molecule has 1 N–H and O–H groups in total. The van der Waals surface area contributed by atoms with E-state index in [1.165, 1.54) is 11.0 Å². The van der Waals surface area contributed by atoms with E-state index in [9.17, 15) is 18.3 Å². The number of fused-ring (bicyclic) bond motifs is 6. The van der Waals surface area contributed by atoms with Crippen LogP contribution in [0.2, 0.25) is 16.6 Å². The van der Waals surface area contributed by atoms with Crippen LogP contribution < -0.4 is 14.4 Å². The number of hydrogen-bond donors (Lipinski definition) is 1. The van der Waals surface area contributed by atoms with Gasteiger partial charge in [-0.25, -0.2) is 18.6 Å². The summed E-state index contributed by atoms with van der Waals surface area (Å²) in [6.45, 7) is 15.2. The number of aromatic nitrogens is 3. The first-order valence-electron chi connectivity index (χ1n) is 20.4. The smallest absolute Gasteiger partial charge is 0.407 e. The SMILES string of the molecule is CC1Oc2nc(-c3cccc4ccc(F)c(C#C[Si](C(C)C)(C(C)C)C(C)C)c34)c(F)c3nc(OCC4(COS(C)(=O)=O)CC4)nc(c23)N2CC3CCC(C12)N3C(=O)O. The molecule has 0 spiro atoms. The summed E-state index contributed by atoms with van der Waals surface area (Å²) in [7, 11) is -6.01. The quantitative estimate of drug-likeness (QED) is 0.0935. The van der Waals surface area contributed by atoms with E-state index in [2.05, 4.69) is 58.0 Å². The van der Waals surface area contributed by atoms with Gasteiger partial charge in [0.05, 0.1) is 43.2 Å². The number of hydrogen-bond acceptors (Lipinski definition) is 10. The molecule has 5 heterocycles. The second-order valence-corrected chi connectivity index (χ2v) is 25.0. The van der Waals surface area contributed by atoms with Crippen molar-refractivity contribution in [1.82, 2.24) is 19.9 Å². The van der Waals surface area contributed by atoms with E-state index in [-0.39, 0.29) is 59.9 Å². The number of anilines is 1. The third-order valence-corrected chi connectivity index (χ3v) is 20.1. The highest BCUT2D eigenvalue weighted by atomic mass is 32.2. The maximum Gasteiger partial charge on any atom is 0.407 e. The molecule has 2 aromatic heterocycles. The highest BCUT2D eigenvalue weighted by molar-refractivity contribution is 7.86. The predicted octanol–water partition coefficient (Wildman–Crippen LogP) is 8.31. The fourth-order valence-corrected chi connectivity index (χ4v) is 15.9. The lowest BCUT2D eigenvalue weighted by Gasteiger charge is -2.47. The lowest BCUT2D eigenvalue weighted by Crippen LogP contribution is -2.64. The lowest BCUT2D eigenvalue weighted by atomic mass is 9.96. The molecule has 2 aromatic carbocycles. The summed E-state index contributed by atoms with van der Waals surface area (Å²) in [6, 6.07) is 6.93. The van der Waals surface area contributed by atoms with Crippen molar-refractivity contribution < 1.29 is 40.8 Å². The fraction of sp³-hybridized carbons (Fsp3) is 0.535. The van der Waals surface area contributed by atoms with Crippen LogP contribution in [-0.4, -0.2) is 97.8 Å². The number of amides is 1. The maximum absolute atomic E-state index is 17.7. The van der Waals surface area contributed by atoms with Crippen LogP contribution in [0.15, 0.2) is 30.3 Å². The number of pyridine rings is 1. The molecule has 59 heavy (non-hydrogen) atoms. The van der Waals surface area contributed by atoms with E-state index >= 15 is 8.78 Å². The van der Waals surface area contributed by atoms with Gasteiger partial charge in [-0.3, -0.25) is 9.08 Å². The average Bonchev–Trinajstić information content (AvgIpc) is 3.90. The van der Waals surface area contributed by atoms with Crippen molar-refractivity contribution in [2.45, 2.75) is 115 Å². The van der Waals surface area contributed by atoms with Crippen molar-refractivity contribution >= 4 is 51.8 Å². The summed E-state index contributed by atoms with van der Waals surface area (Å²) in [4.78, 5) is 30.3. The van der Waals surface area contributed by atoms with Crippen molar-refractivity contribution in [2.24, 2.45) is 5.41 Å². The number of rotatable bonds is 10. The molecule has 3 aliphatic heterocycles. The summed E-state index contributed by atoms with van der Waals surface area (Å²) in [5.74, 6) is 2.35. The first-order chi connectivity index (χ1) is 27.9. The molecular weight excluding hydrogens is 797 g/mol. The molecule has 12 nitrogen and oxygen atoms in total. The van der Waals surface area contributed by atoms with Crippen LogP contribution in [-0.2, 0) is 14.3 Å². The Morgan fingerprint density at radius 3 is 2.37 bits per heavy atom. The molecule has 16 heteroatoms. The standard InChI is InChI=1S/C43H51F2N5O7SSi/c1-23(2)59(24(3)4,25(5)6)19-16-29-31(44)14-12-27-10-9-11-30(33(27)29)36-35(45)37-34-39(48-41(47-37)55-21-43(17-18-43)22-56-58(8,53)54)49-20-28-13-15-32(50(28)42(51)52)38(49)26(7)57-40(34)46-36/h9-12,14,23-26,28,32,38H,13,15,17-18,20-22H2,1-8H3,(H,51,52). The minimum absolute atomic E-state index is 0.0207. The minimum atomic E-state index is -3.70. The van der Waals surface area contributed by atoms with Gasteiger partial charge in [-0.15, -0.1) is 5.54 Å². The van der Waals surface area contributed by atoms with Crippen LogP contribution in [0.25, 0.3) is 32.9 Å². The Balaban J connectivity index is 1.33. The van der Waals surface area contributed by atoms with Crippen molar-refractivity contribution in [3.8, 4) is 34.6 Å². The zero-order chi connectivity index (χ0) is 42.3. The van der Waals surface area contributed by atoms with Crippen molar-refractivity contribution in [2.75, 3.05) is 30.9 Å². The van der Waals surface area contributed by atoms with E-state index in [0.29, 0.717) is 64.5 Å². The third kappa shape index (κ3) is 7.06. The maximum atomic E-state index is 17.7. The van der Waals surface area contributed by atoms with Crippen molar-refractivity contribution in [3.05, 3.63) is 47.5 Å². The Labute approximate surface area is 344 Å². The molecule has 314 valence electrons. The van der Waals surface area contributed by atoms with Crippen LogP contribution in [0, 0.1) is 28.5 Å². The number of piperazine rings is 1. The summed E-state index contributed by atoms with van der Waals surface area (Å²) < 4.78 is 75.4. The molecule has 1 aliphatic carbocycles. The average molecular weight is 848 g/mol. The van der Waals surface area contributed by atoms with Gasteiger partial charge in [-0.2, -0.15) is 18.4 Å². The number of carboxylic acid groups (broad SMARTS) is 1. The lowest BCUT2D eigenvalue weighted by molar-refractivity contribution is 0.0706. The predicted molar refractivity (Wildman–Crippen MR) is 224 cm³/mol. The summed E-state index contributed by atoms with van der Waals surface area (Å²) in [6.07, 6.45) is 1.91. The van der Waals surface area contributed by atoms with Gasteiger partial charge in [0.1, 0.15) is 42.4 Å². The van der Waals surface area contributed by atoms with E-state index in [1.54, 1.807) is 18.2 Å². The number of halogens is 2. The van der Waals surface area contributed by atoms with E-state index in [0.717, 1.165) is 6.26 Å². The van der Waals surface area contributed by atoms with Gasteiger partial charge in [0.25, 0.3) is 10.1 Å². The Morgan fingerprint density at radius 2 is 1.73 bits per heavy atom. The molecule has 0 radical (unpaired) electrons. The van der Waals surface area contributed by atoms with E-state index in [1.807, 2.05) is 17.9 Å². The van der Waals surface area contributed by atoms with Gasteiger partial charge in [-0.1, -0.05) is 71.7 Å². The first kappa shape index (κ1) is 41.2. The highest BCUT2D eigenvalue weighted by Crippen LogP contribution is 2.49. The zero-order valence-corrected chi connectivity index (χ0v) is 36.5. The minimum Gasteiger partial charge on any atom is -0.472 e. The number of carbonyl (C=O) groups is 1. The Hall–Kier alpha value is -4.59. The first-order valence-corrected chi connectivity index (χ1v) is 24.5. The normalized spacial score (nSPS) is 22.1.